The van der Waals surface area contributed by atoms with E-state index < -0.39 is 0 Å². The maximum atomic E-state index is 12.0. The predicted octanol–water partition coefficient (Wildman–Crippen LogP) is 1.32. The topological polar surface area (TPSA) is 64.7 Å². The summed E-state index contributed by atoms with van der Waals surface area (Å²) in [5, 5.41) is 12.3. The standard InChI is InChI=1S/C15H17N5O/c1-19-10-17-18-14(19)7-8-16-12-9-15(21)20(2)13-6-4-3-5-11(12)13/h3-6,9-10,16H,7-8H2,1-2H3. The van der Waals surface area contributed by atoms with Crippen LogP contribution in [0.1, 0.15) is 5.82 Å². The highest BCUT2D eigenvalue weighted by atomic mass is 16.1. The Balaban J connectivity index is 1.86. The van der Waals surface area contributed by atoms with Crippen LogP contribution in [0.2, 0.25) is 0 Å². The molecule has 0 spiro atoms. The summed E-state index contributed by atoms with van der Waals surface area (Å²) in [5.74, 6) is 0.913. The number of para-hydroxylation sites is 1. The van der Waals surface area contributed by atoms with Crippen LogP contribution in [-0.2, 0) is 20.5 Å². The van der Waals surface area contributed by atoms with Crippen LogP contribution < -0.4 is 10.9 Å². The molecule has 0 saturated carbocycles. The van der Waals surface area contributed by atoms with Gasteiger partial charge in [0.25, 0.3) is 5.56 Å². The third kappa shape index (κ3) is 2.52. The van der Waals surface area contributed by atoms with Gasteiger partial charge in [-0.3, -0.25) is 4.79 Å². The largest absolute Gasteiger partial charge is 0.384 e. The number of pyridine rings is 1. The van der Waals surface area contributed by atoms with Crippen molar-refractivity contribution in [1.82, 2.24) is 19.3 Å². The Morgan fingerprint density at radius 2 is 2.05 bits per heavy atom. The highest BCUT2D eigenvalue weighted by Gasteiger charge is 2.06. The van der Waals surface area contributed by atoms with E-state index in [-0.39, 0.29) is 5.56 Å². The van der Waals surface area contributed by atoms with Gasteiger partial charge in [-0.2, -0.15) is 0 Å². The smallest absolute Gasteiger partial charge is 0.252 e. The summed E-state index contributed by atoms with van der Waals surface area (Å²) in [6.07, 6.45) is 2.43. The number of hydrogen-bond donors (Lipinski definition) is 1. The molecule has 0 aliphatic heterocycles. The molecule has 1 aromatic carbocycles. The van der Waals surface area contributed by atoms with Gasteiger partial charge < -0.3 is 14.5 Å². The minimum Gasteiger partial charge on any atom is -0.384 e. The molecular formula is C15H17N5O. The normalized spacial score (nSPS) is 11.0. The first-order valence-corrected chi connectivity index (χ1v) is 6.82. The van der Waals surface area contributed by atoms with Crippen molar-refractivity contribution < 1.29 is 0 Å². The molecule has 0 radical (unpaired) electrons. The average molecular weight is 283 g/mol. The van der Waals surface area contributed by atoms with Crippen LogP contribution in [0, 0.1) is 0 Å². The number of hydrogen-bond acceptors (Lipinski definition) is 4. The van der Waals surface area contributed by atoms with E-state index in [2.05, 4.69) is 15.5 Å². The Kier molecular flexibility index (Phi) is 3.43. The minimum absolute atomic E-state index is 0.0186. The Morgan fingerprint density at radius 1 is 1.24 bits per heavy atom. The molecule has 3 aromatic rings. The Morgan fingerprint density at radius 3 is 2.81 bits per heavy atom. The van der Waals surface area contributed by atoms with E-state index in [1.807, 2.05) is 35.9 Å². The first-order valence-electron chi connectivity index (χ1n) is 6.82. The zero-order valence-corrected chi connectivity index (χ0v) is 12.1. The number of anilines is 1. The van der Waals surface area contributed by atoms with Gasteiger partial charge in [-0.1, -0.05) is 18.2 Å². The van der Waals surface area contributed by atoms with Gasteiger partial charge in [-0.25, -0.2) is 0 Å². The van der Waals surface area contributed by atoms with Gasteiger partial charge in [0.1, 0.15) is 12.2 Å². The van der Waals surface area contributed by atoms with Crippen molar-refractivity contribution in [3.05, 3.63) is 52.8 Å². The molecule has 2 aromatic heterocycles. The van der Waals surface area contributed by atoms with Crippen molar-refractivity contribution in [2.75, 3.05) is 11.9 Å². The van der Waals surface area contributed by atoms with Gasteiger partial charge in [0, 0.05) is 44.2 Å². The highest BCUT2D eigenvalue weighted by Crippen LogP contribution is 2.20. The Bertz CT molecular complexity index is 833. The summed E-state index contributed by atoms with van der Waals surface area (Å²) in [4.78, 5) is 12.0. The highest BCUT2D eigenvalue weighted by molar-refractivity contribution is 5.91. The molecule has 6 heteroatoms. The van der Waals surface area contributed by atoms with Crippen LogP contribution in [0.3, 0.4) is 0 Å². The van der Waals surface area contributed by atoms with Crippen LogP contribution in [0.25, 0.3) is 10.9 Å². The zero-order valence-electron chi connectivity index (χ0n) is 12.1. The fraction of sp³-hybridized carbons (Fsp3) is 0.267. The van der Waals surface area contributed by atoms with Crippen LogP contribution >= 0.6 is 0 Å². The Labute approximate surface area is 122 Å². The van der Waals surface area contributed by atoms with Gasteiger partial charge >= 0.3 is 0 Å². The van der Waals surface area contributed by atoms with Crippen molar-refractivity contribution in [2.24, 2.45) is 14.1 Å². The van der Waals surface area contributed by atoms with Crippen LogP contribution in [-0.4, -0.2) is 25.9 Å². The molecule has 0 atom stereocenters. The molecule has 21 heavy (non-hydrogen) atoms. The molecule has 2 heterocycles. The molecule has 0 unspecified atom stereocenters. The molecular weight excluding hydrogens is 266 g/mol. The number of benzene rings is 1. The van der Waals surface area contributed by atoms with Gasteiger partial charge in [-0.05, 0) is 6.07 Å². The van der Waals surface area contributed by atoms with Crippen molar-refractivity contribution in [1.29, 1.82) is 0 Å². The molecule has 0 amide bonds. The van der Waals surface area contributed by atoms with Crippen LogP contribution in [0.15, 0.2) is 41.5 Å². The summed E-state index contributed by atoms with van der Waals surface area (Å²) in [7, 11) is 3.71. The molecule has 0 saturated heterocycles. The number of fused-ring (bicyclic) bond motifs is 1. The fourth-order valence-electron chi connectivity index (χ4n) is 2.40. The maximum absolute atomic E-state index is 12.0. The van der Waals surface area contributed by atoms with Gasteiger partial charge in [0.2, 0.25) is 0 Å². The van der Waals surface area contributed by atoms with Gasteiger partial charge in [0.05, 0.1) is 5.52 Å². The number of nitrogens with zero attached hydrogens (tertiary/aromatic N) is 4. The third-order valence-corrected chi connectivity index (χ3v) is 3.62. The second-order valence-electron chi connectivity index (χ2n) is 5.01. The second kappa shape index (κ2) is 5.40. The van der Waals surface area contributed by atoms with Crippen LogP contribution in [0.4, 0.5) is 5.69 Å². The lowest BCUT2D eigenvalue weighted by atomic mass is 10.1. The molecule has 108 valence electrons. The van der Waals surface area contributed by atoms with Crippen molar-refractivity contribution in [2.45, 2.75) is 6.42 Å². The van der Waals surface area contributed by atoms with Gasteiger partial charge in [0.15, 0.2) is 0 Å². The minimum atomic E-state index is -0.0186. The summed E-state index contributed by atoms with van der Waals surface area (Å²) in [6, 6.07) is 9.51. The average Bonchev–Trinajstić information content (AvgIpc) is 2.90. The van der Waals surface area contributed by atoms with E-state index in [4.69, 9.17) is 0 Å². The number of nitrogens with one attached hydrogen (secondary N) is 1. The first-order chi connectivity index (χ1) is 10.2. The first kappa shape index (κ1) is 13.4. The summed E-state index contributed by atoms with van der Waals surface area (Å²) in [5.41, 5.74) is 1.76. The lowest BCUT2D eigenvalue weighted by Gasteiger charge is -2.11. The van der Waals surface area contributed by atoms with E-state index in [1.165, 1.54) is 0 Å². The molecule has 1 N–H and O–H groups in total. The number of aryl methyl sites for hydroxylation is 2. The molecule has 6 nitrogen and oxygen atoms in total. The monoisotopic (exact) mass is 283 g/mol. The summed E-state index contributed by atoms with van der Waals surface area (Å²) >= 11 is 0. The quantitative estimate of drug-likeness (QED) is 0.784. The van der Waals surface area contributed by atoms with Crippen LogP contribution in [0.5, 0.6) is 0 Å². The molecule has 0 aliphatic carbocycles. The summed E-state index contributed by atoms with van der Waals surface area (Å²) < 4.78 is 3.55. The van der Waals surface area contributed by atoms with Crippen molar-refractivity contribution in [3.63, 3.8) is 0 Å². The van der Waals surface area contributed by atoms with E-state index in [1.54, 1.807) is 24.0 Å². The lowest BCUT2D eigenvalue weighted by molar-refractivity contribution is 0.788. The molecule has 0 aliphatic rings. The fourth-order valence-corrected chi connectivity index (χ4v) is 2.40. The predicted molar refractivity (Wildman–Crippen MR) is 82.4 cm³/mol. The van der Waals surface area contributed by atoms with Crippen molar-refractivity contribution >= 4 is 16.6 Å². The van der Waals surface area contributed by atoms with E-state index in [0.717, 1.165) is 28.8 Å². The van der Waals surface area contributed by atoms with Crippen molar-refractivity contribution in [3.8, 4) is 0 Å². The molecule has 0 fully saturated rings. The van der Waals surface area contributed by atoms with Gasteiger partial charge in [-0.15, -0.1) is 10.2 Å². The Hall–Kier alpha value is -2.63. The molecule has 0 bridgehead atoms. The summed E-state index contributed by atoms with van der Waals surface area (Å²) in [6.45, 7) is 0.698. The number of aromatic nitrogens is 4. The van der Waals surface area contributed by atoms with E-state index in [9.17, 15) is 4.79 Å². The molecule has 3 rings (SSSR count). The SMILES string of the molecule is Cn1cnnc1CCNc1cc(=O)n(C)c2ccccc12. The second-order valence-corrected chi connectivity index (χ2v) is 5.01. The lowest BCUT2D eigenvalue weighted by Crippen LogP contribution is -2.18. The zero-order chi connectivity index (χ0) is 14.8. The maximum Gasteiger partial charge on any atom is 0.252 e. The van der Waals surface area contributed by atoms with E-state index in [0.29, 0.717) is 6.54 Å². The van der Waals surface area contributed by atoms with E-state index >= 15 is 0 Å². The number of rotatable bonds is 4. The third-order valence-electron chi connectivity index (χ3n) is 3.62.